The van der Waals surface area contributed by atoms with Crippen LogP contribution in [0.4, 0.5) is 0 Å². The summed E-state index contributed by atoms with van der Waals surface area (Å²) >= 11 is 0. The Hall–Kier alpha value is -1.64. The predicted octanol–water partition coefficient (Wildman–Crippen LogP) is 1.95. The molecule has 1 amide bonds. The molecular formula is C21H30N2O5S. The number of carbonyl (C=O) groups excluding carboxylic acids is 1. The van der Waals surface area contributed by atoms with E-state index in [1.807, 2.05) is 0 Å². The second-order valence-corrected chi connectivity index (χ2v) is 10.3. The molecule has 2 aliphatic carbocycles. The third kappa shape index (κ3) is 4.44. The van der Waals surface area contributed by atoms with Crippen LogP contribution in [0.3, 0.4) is 0 Å². The van der Waals surface area contributed by atoms with Gasteiger partial charge in [0.1, 0.15) is 5.75 Å². The third-order valence-corrected chi connectivity index (χ3v) is 8.46. The zero-order chi connectivity index (χ0) is 20.4. The first-order chi connectivity index (χ1) is 14.0. The number of morpholine rings is 1. The van der Waals surface area contributed by atoms with Crippen molar-refractivity contribution in [1.29, 1.82) is 0 Å². The van der Waals surface area contributed by atoms with E-state index in [4.69, 9.17) is 9.47 Å². The highest BCUT2D eigenvalue weighted by atomic mass is 32.2. The Kier molecular flexibility index (Phi) is 6.13. The van der Waals surface area contributed by atoms with Crippen LogP contribution in [-0.4, -0.2) is 58.1 Å². The van der Waals surface area contributed by atoms with Gasteiger partial charge in [-0.15, -0.1) is 0 Å². The van der Waals surface area contributed by atoms with Crippen LogP contribution in [0, 0.1) is 11.8 Å². The number of sulfonamides is 1. The van der Waals surface area contributed by atoms with Gasteiger partial charge in [0.2, 0.25) is 15.9 Å². The SMILES string of the molecule is COc1ccc(S(=O)(=O)N2CCOCC2)cc1CCC(=O)N[C@@H]1C[C@@H]2CC[C@@H]1C2. The molecule has 3 aliphatic rings. The monoisotopic (exact) mass is 422 g/mol. The fraction of sp³-hybridized carbons (Fsp3) is 0.667. The fourth-order valence-corrected chi connectivity index (χ4v) is 6.45. The number of ether oxygens (including phenoxy) is 2. The number of benzene rings is 1. The molecule has 0 radical (unpaired) electrons. The number of rotatable bonds is 7. The van der Waals surface area contributed by atoms with Crippen LogP contribution in [0.5, 0.6) is 5.75 Å². The molecule has 2 saturated carbocycles. The molecule has 1 heterocycles. The molecule has 1 aliphatic heterocycles. The maximum absolute atomic E-state index is 12.9. The number of fused-ring (bicyclic) bond motifs is 2. The van der Waals surface area contributed by atoms with Crippen molar-refractivity contribution in [3.8, 4) is 5.75 Å². The van der Waals surface area contributed by atoms with E-state index in [1.165, 1.54) is 23.6 Å². The first kappa shape index (κ1) is 20.6. The number of nitrogens with one attached hydrogen (secondary N) is 1. The second-order valence-electron chi connectivity index (χ2n) is 8.34. The van der Waals surface area contributed by atoms with Gasteiger partial charge < -0.3 is 14.8 Å². The van der Waals surface area contributed by atoms with Gasteiger partial charge in [-0.25, -0.2) is 8.42 Å². The molecule has 4 rings (SSSR count). The molecule has 3 atom stereocenters. The summed E-state index contributed by atoms with van der Waals surface area (Å²) in [7, 11) is -2.02. The van der Waals surface area contributed by atoms with Crippen LogP contribution in [0.15, 0.2) is 23.1 Å². The van der Waals surface area contributed by atoms with E-state index < -0.39 is 10.0 Å². The quantitative estimate of drug-likeness (QED) is 0.726. The Morgan fingerprint density at radius 1 is 1.24 bits per heavy atom. The molecule has 1 N–H and O–H groups in total. The largest absolute Gasteiger partial charge is 0.496 e. The lowest BCUT2D eigenvalue weighted by atomic mass is 9.95. The van der Waals surface area contributed by atoms with Gasteiger partial charge in [0.05, 0.1) is 25.2 Å². The summed E-state index contributed by atoms with van der Waals surface area (Å²) in [5.74, 6) is 2.07. The lowest BCUT2D eigenvalue weighted by Gasteiger charge is -2.26. The summed E-state index contributed by atoms with van der Waals surface area (Å²) in [5.41, 5.74) is 0.741. The summed E-state index contributed by atoms with van der Waals surface area (Å²) in [6.45, 7) is 1.53. The van der Waals surface area contributed by atoms with Crippen molar-refractivity contribution in [1.82, 2.24) is 9.62 Å². The van der Waals surface area contributed by atoms with Crippen LogP contribution >= 0.6 is 0 Å². The average Bonchev–Trinajstić information content (AvgIpc) is 3.36. The molecule has 3 fully saturated rings. The highest BCUT2D eigenvalue weighted by molar-refractivity contribution is 7.89. The lowest BCUT2D eigenvalue weighted by Crippen LogP contribution is -2.40. The van der Waals surface area contributed by atoms with Crippen molar-refractivity contribution in [2.24, 2.45) is 11.8 Å². The lowest BCUT2D eigenvalue weighted by molar-refractivity contribution is -0.122. The predicted molar refractivity (Wildman–Crippen MR) is 108 cm³/mol. The molecule has 1 aromatic carbocycles. The number of carbonyl (C=O) groups is 1. The van der Waals surface area contributed by atoms with Gasteiger partial charge in [0, 0.05) is 25.6 Å². The van der Waals surface area contributed by atoms with Crippen LogP contribution < -0.4 is 10.1 Å². The maximum Gasteiger partial charge on any atom is 0.243 e. The number of aryl methyl sites for hydroxylation is 1. The topological polar surface area (TPSA) is 84.9 Å². The minimum atomic E-state index is -3.58. The standard InChI is InChI=1S/C21H30N2O5S/c1-27-20-6-5-18(29(25,26)23-8-10-28-11-9-23)14-17(20)4-7-21(24)22-19-13-15-2-3-16(19)12-15/h5-6,14-16,19H,2-4,7-13H2,1H3,(H,22,24)/t15-,16-,19-/m1/s1. The fourth-order valence-electron chi connectivity index (χ4n) is 5.00. The number of nitrogens with zero attached hydrogens (tertiary/aromatic N) is 1. The Labute approximate surface area is 172 Å². The summed E-state index contributed by atoms with van der Waals surface area (Å²) in [5, 5.41) is 3.19. The number of amides is 1. The van der Waals surface area contributed by atoms with Crippen molar-refractivity contribution < 1.29 is 22.7 Å². The van der Waals surface area contributed by atoms with Crippen molar-refractivity contribution in [3.63, 3.8) is 0 Å². The molecule has 2 bridgehead atoms. The van der Waals surface area contributed by atoms with Crippen LogP contribution in [0.2, 0.25) is 0 Å². The summed E-state index contributed by atoms with van der Waals surface area (Å²) < 4.78 is 38.0. The van der Waals surface area contributed by atoms with E-state index in [2.05, 4.69) is 5.32 Å². The van der Waals surface area contributed by atoms with Crippen molar-refractivity contribution in [3.05, 3.63) is 23.8 Å². The van der Waals surface area contributed by atoms with Gasteiger partial charge in [-0.3, -0.25) is 4.79 Å². The molecule has 0 unspecified atom stereocenters. The number of methoxy groups -OCH3 is 1. The van der Waals surface area contributed by atoms with Gasteiger partial charge in [-0.1, -0.05) is 6.42 Å². The normalized spacial score (nSPS) is 27.1. The Balaban J connectivity index is 1.42. The average molecular weight is 423 g/mol. The number of hydrogen-bond donors (Lipinski definition) is 1. The molecule has 7 nitrogen and oxygen atoms in total. The summed E-state index contributed by atoms with van der Waals surface area (Å²) in [6, 6.07) is 5.21. The van der Waals surface area contributed by atoms with Crippen LogP contribution in [-0.2, 0) is 26.0 Å². The maximum atomic E-state index is 12.9. The smallest absolute Gasteiger partial charge is 0.243 e. The third-order valence-electron chi connectivity index (χ3n) is 6.57. The van der Waals surface area contributed by atoms with Crippen LogP contribution in [0.25, 0.3) is 0 Å². The van der Waals surface area contributed by atoms with Crippen molar-refractivity contribution in [2.75, 3.05) is 33.4 Å². The molecule has 29 heavy (non-hydrogen) atoms. The summed E-state index contributed by atoms with van der Waals surface area (Å²) in [6.07, 6.45) is 5.66. The highest BCUT2D eigenvalue weighted by Crippen LogP contribution is 2.44. The molecule has 0 aromatic heterocycles. The summed E-state index contributed by atoms with van der Waals surface area (Å²) in [4.78, 5) is 12.7. The minimum Gasteiger partial charge on any atom is -0.496 e. The Morgan fingerprint density at radius 2 is 2.03 bits per heavy atom. The van der Waals surface area contributed by atoms with Gasteiger partial charge in [0.25, 0.3) is 0 Å². The Morgan fingerprint density at radius 3 is 2.69 bits per heavy atom. The first-order valence-corrected chi connectivity index (χ1v) is 12.0. The highest BCUT2D eigenvalue weighted by Gasteiger charge is 2.40. The molecule has 8 heteroatoms. The number of hydrogen-bond acceptors (Lipinski definition) is 5. The molecule has 0 spiro atoms. The minimum absolute atomic E-state index is 0.0334. The van der Waals surface area contributed by atoms with E-state index in [0.29, 0.717) is 56.9 Å². The van der Waals surface area contributed by atoms with Crippen molar-refractivity contribution >= 4 is 15.9 Å². The van der Waals surface area contributed by atoms with E-state index in [1.54, 1.807) is 25.3 Å². The van der Waals surface area contributed by atoms with E-state index in [0.717, 1.165) is 17.9 Å². The van der Waals surface area contributed by atoms with E-state index >= 15 is 0 Å². The van der Waals surface area contributed by atoms with Gasteiger partial charge in [-0.05, 0) is 61.3 Å². The molecule has 1 aromatic rings. The van der Waals surface area contributed by atoms with Gasteiger partial charge >= 0.3 is 0 Å². The Bertz CT molecular complexity index is 851. The zero-order valence-corrected chi connectivity index (χ0v) is 17.7. The first-order valence-electron chi connectivity index (χ1n) is 10.5. The van der Waals surface area contributed by atoms with E-state index in [9.17, 15) is 13.2 Å². The molecule has 1 saturated heterocycles. The molecule has 160 valence electrons. The second kappa shape index (κ2) is 8.62. The van der Waals surface area contributed by atoms with Crippen molar-refractivity contribution in [2.45, 2.75) is 49.5 Å². The van der Waals surface area contributed by atoms with Gasteiger partial charge in [0.15, 0.2) is 0 Å². The van der Waals surface area contributed by atoms with Gasteiger partial charge in [-0.2, -0.15) is 4.31 Å². The van der Waals surface area contributed by atoms with Crippen LogP contribution in [0.1, 0.15) is 37.7 Å². The zero-order valence-electron chi connectivity index (χ0n) is 16.9. The molecular weight excluding hydrogens is 392 g/mol. The van der Waals surface area contributed by atoms with E-state index in [-0.39, 0.29) is 10.8 Å².